The largest absolute Gasteiger partial charge is 0.480 e. The Balaban J connectivity index is 1.96. The number of hydrogen-bond acceptors (Lipinski definition) is 4. The number of nitrogens with zero attached hydrogens (tertiary/aromatic N) is 2. The lowest BCUT2D eigenvalue weighted by Gasteiger charge is -2.16. The summed E-state index contributed by atoms with van der Waals surface area (Å²) < 4.78 is 5.58. The van der Waals surface area contributed by atoms with Gasteiger partial charge in [0.15, 0.2) is 5.58 Å². The third-order valence-electron chi connectivity index (χ3n) is 2.82. The molecule has 0 saturated heterocycles. The summed E-state index contributed by atoms with van der Waals surface area (Å²) in [6.07, 6.45) is 2.01. The van der Waals surface area contributed by atoms with Crippen LogP contribution in [0.15, 0.2) is 28.7 Å². The summed E-state index contributed by atoms with van der Waals surface area (Å²) in [5.41, 5.74) is 1.46. The van der Waals surface area contributed by atoms with E-state index in [9.17, 15) is 4.79 Å². The van der Waals surface area contributed by atoms with Crippen molar-refractivity contribution in [2.45, 2.75) is 18.9 Å². The van der Waals surface area contributed by atoms with Gasteiger partial charge in [0.25, 0.3) is 6.01 Å². The van der Waals surface area contributed by atoms with Crippen molar-refractivity contribution in [3.05, 3.63) is 24.3 Å². The molecule has 1 aromatic carbocycles. The molecule has 17 heavy (non-hydrogen) atoms. The number of oxazole rings is 1. The van der Waals surface area contributed by atoms with Gasteiger partial charge in [-0.25, -0.2) is 0 Å². The van der Waals surface area contributed by atoms with Crippen LogP contribution < -0.4 is 4.90 Å². The first-order chi connectivity index (χ1) is 8.24. The van der Waals surface area contributed by atoms with Crippen molar-refractivity contribution in [1.82, 2.24) is 4.98 Å². The highest BCUT2D eigenvalue weighted by molar-refractivity contribution is 5.77. The molecule has 5 nitrogen and oxygen atoms in total. The molecule has 1 aromatic heterocycles. The molecule has 1 heterocycles. The van der Waals surface area contributed by atoms with E-state index in [2.05, 4.69) is 4.98 Å². The first kappa shape index (κ1) is 10.1. The molecule has 0 unspecified atom stereocenters. The number of rotatable bonds is 4. The topological polar surface area (TPSA) is 66.6 Å². The van der Waals surface area contributed by atoms with Crippen molar-refractivity contribution in [3.63, 3.8) is 0 Å². The highest BCUT2D eigenvalue weighted by Gasteiger charge is 2.33. The summed E-state index contributed by atoms with van der Waals surface area (Å²) in [7, 11) is 0. The van der Waals surface area contributed by atoms with Gasteiger partial charge in [0.2, 0.25) is 0 Å². The normalized spacial score (nSPS) is 15.1. The minimum Gasteiger partial charge on any atom is -0.480 e. The van der Waals surface area contributed by atoms with Gasteiger partial charge in [0.1, 0.15) is 12.1 Å². The van der Waals surface area contributed by atoms with Crippen molar-refractivity contribution >= 4 is 23.1 Å². The third-order valence-corrected chi connectivity index (χ3v) is 2.82. The highest BCUT2D eigenvalue weighted by Crippen LogP contribution is 2.32. The minimum absolute atomic E-state index is 0.0580. The van der Waals surface area contributed by atoms with Gasteiger partial charge in [-0.15, -0.1) is 0 Å². The van der Waals surface area contributed by atoms with E-state index in [0.717, 1.165) is 18.4 Å². The predicted molar refractivity (Wildman–Crippen MR) is 62.0 cm³/mol. The average Bonchev–Trinajstić information content (AvgIpc) is 3.04. The van der Waals surface area contributed by atoms with Gasteiger partial charge in [-0.2, -0.15) is 4.98 Å². The van der Waals surface area contributed by atoms with Crippen molar-refractivity contribution in [2.75, 3.05) is 11.4 Å². The molecule has 1 fully saturated rings. The molecule has 2 aromatic rings. The minimum atomic E-state index is -0.862. The Morgan fingerprint density at radius 2 is 2.24 bits per heavy atom. The van der Waals surface area contributed by atoms with Crippen LogP contribution in [0.4, 0.5) is 6.01 Å². The van der Waals surface area contributed by atoms with Crippen molar-refractivity contribution in [3.8, 4) is 0 Å². The van der Waals surface area contributed by atoms with Crippen molar-refractivity contribution in [1.29, 1.82) is 0 Å². The molecule has 1 aliphatic carbocycles. The number of aromatic nitrogens is 1. The zero-order valence-electron chi connectivity index (χ0n) is 9.17. The number of hydrogen-bond donors (Lipinski definition) is 1. The molecule has 0 bridgehead atoms. The van der Waals surface area contributed by atoms with Crippen LogP contribution >= 0.6 is 0 Å². The Bertz CT molecular complexity index is 527. The Morgan fingerprint density at radius 3 is 2.88 bits per heavy atom. The van der Waals surface area contributed by atoms with Crippen molar-refractivity contribution in [2.24, 2.45) is 0 Å². The van der Waals surface area contributed by atoms with Gasteiger partial charge < -0.3 is 14.4 Å². The molecular formula is C12H12N2O3. The fourth-order valence-electron chi connectivity index (χ4n) is 1.87. The first-order valence-electron chi connectivity index (χ1n) is 5.58. The number of aliphatic carboxylic acids is 1. The maximum Gasteiger partial charge on any atom is 0.323 e. The molecule has 1 saturated carbocycles. The lowest BCUT2D eigenvalue weighted by atomic mass is 10.3. The molecule has 88 valence electrons. The molecule has 3 rings (SSSR count). The summed E-state index contributed by atoms with van der Waals surface area (Å²) in [6.45, 7) is -0.0580. The molecule has 0 atom stereocenters. The van der Waals surface area contributed by atoms with Crippen LogP contribution in [-0.4, -0.2) is 28.6 Å². The summed E-state index contributed by atoms with van der Waals surface area (Å²) in [4.78, 5) is 16.9. The van der Waals surface area contributed by atoms with Crippen molar-refractivity contribution < 1.29 is 14.3 Å². The van der Waals surface area contributed by atoms with Gasteiger partial charge in [-0.1, -0.05) is 12.1 Å². The number of carboxylic acids is 1. The van der Waals surface area contributed by atoms with Gasteiger partial charge in [0, 0.05) is 6.04 Å². The quantitative estimate of drug-likeness (QED) is 0.871. The van der Waals surface area contributed by atoms with Crippen LogP contribution in [0.5, 0.6) is 0 Å². The van der Waals surface area contributed by atoms with E-state index >= 15 is 0 Å². The van der Waals surface area contributed by atoms with Crippen LogP contribution in [0, 0.1) is 0 Å². The monoisotopic (exact) mass is 232 g/mol. The smallest absolute Gasteiger partial charge is 0.323 e. The van der Waals surface area contributed by atoms with Crippen LogP contribution in [0.25, 0.3) is 11.1 Å². The van der Waals surface area contributed by atoms with E-state index in [-0.39, 0.29) is 12.6 Å². The summed E-state index contributed by atoms with van der Waals surface area (Å²) in [5.74, 6) is -0.862. The second-order valence-corrected chi connectivity index (χ2v) is 4.22. The highest BCUT2D eigenvalue weighted by atomic mass is 16.4. The number of benzene rings is 1. The second kappa shape index (κ2) is 3.76. The van der Waals surface area contributed by atoms with Gasteiger partial charge in [-0.05, 0) is 25.0 Å². The maximum absolute atomic E-state index is 10.8. The zero-order chi connectivity index (χ0) is 11.8. The number of para-hydroxylation sites is 2. The van der Waals surface area contributed by atoms with Gasteiger partial charge in [-0.3, -0.25) is 4.79 Å². The molecule has 1 aliphatic rings. The predicted octanol–water partition coefficient (Wildman–Crippen LogP) is 1.88. The molecular weight excluding hydrogens is 220 g/mol. The standard InChI is InChI=1S/C12H12N2O3/c15-11(16)7-14(8-5-6-8)12-13-9-3-1-2-4-10(9)17-12/h1-4,8H,5-7H2,(H,15,16). The van der Waals surface area contributed by atoms with E-state index in [1.165, 1.54) is 0 Å². The average molecular weight is 232 g/mol. The Hall–Kier alpha value is -2.04. The molecule has 0 aliphatic heterocycles. The summed E-state index contributed by atoms with van der Waals surface area (Å²) in [6, 6.07) is 8.12. The third kappa shape index (κ3) is 1.95. The van der Waals surface area contributed by atoms with E-state index in [1.54, 1.807) is 4.90 Å². The molecule has 0 amide bonds. The number of carboxylic acid groups (broad SMARTS) is 1. The SMILES string of the molecule is O=C(O)CN(c1nc2ccccc2o1)C1CC1. The van der Waals surface area contributed by atoms with E-state index in [4.69, 9.17) is 9.52 Å². The second-order valence-electron chi connectivity index (χ2n) is 4.22. The summed E-state index contributed by atoms with van der Waals surface area (Å²) in [5, 5.41) is 8.89. The molecule has 0 radical (unpaired) electrons. The fraction of sp³-hybridized carbons (Fsp3) is 0.333. The van der Waals surface area contributed by atoms with Gasteiger partial charge in [0.05, 0.1) is 0 Å². The molecule has 5 heteroatoms. The number of carbonyl (C=O) groups is 1. The Kier molecular flexibility index (Phi) is 2.24. The number of fused-ring (bicyclic) bond motifs is 1. The van der Waals surface area contributed by atoms with Crippen LogP contribution in [0.1, 0.15) is 12.8 Å². The summed E-state index contributed by atoms with van der Waals surface area (Å²) >= 11 is 0. The number of anilines is 1. The molecule has 1 N–H and O–H groups in total. The maximum atomic E-state index is 10.8. The lowest BCUT2D eigenvalue weighted by Crippen LogP contribution is -2.31. The van der Waals surface area contributed by atoms with E-state index in [0.29, 0.717) is 11.6 Å². The Labute approximate surface area is 97.7 Å². The lowest BCUT2D eigenvalue weighted by molar-refractivity contribution is -0.135. The Morgan fingerprint density at radius 1 is 1.47 bits per heavy atom. The van der Waals surface area contributed by atoms with Crippen LogP contribution in [-0.2, 0) is 4.79 Å². The molecule has 0 spiro atoms. The zero-order valence-corrected chi connectivity index (χ0v) is 9.17. The first-order valence-corrected chi connectivity index (χ1v) is 5.58. The van der Waals surface area contributed by atoms with Crippen LogP contribution in [0.3, 0.4) is 0 Å². The van der Waals surface area contributed by atoms with E-state index in [1.807, 2.05) is 24.3 Å². The van der Waals surface area contributed by atoms with E-state index < -0.39 is 5.97 Å². The fourth-order valence-corrected chi connectivity index (χ4v) is 1.87. The van der Waals surface area contributed by atoms with Crippen LogP contribution in [0.2, 0.25) is 0 Å². The van der Waals surface area contributed by atoms with Gasteiger partial charge >= 0.3 is 5.97 Å².